The number of carbonyl (C=O) groups is 3. The van der Waals surface area contributed by atoms with Gasteiger partial charge in [-0.15, -0.1) is 0 Å². The molecular formula is C25H22ClN5O4. The van der Waals surface area contributed by atoms with Gasteiger partial charge in [0, 0.05) is 17.1 Å². The Hall–Kier alpha value is -4.24. The smallest absolute Gasteiger partial charge is 0.339 e. The number of benzene rings is 2. The van der Waals surface area contributed by atoms with Crippen molar-refractivity contribution in [1.29, 1.82) is 0 Å². The van der Waals surface area contributed by atoms with Gasteiger partial charge in [0.1, 0.15) is 0 Å². The lowest BCUT2D eigenvalue weighted by Crippen LogP contribution is -2.41. The summed E-state index contributed by atoms with van der Waals surface area (Å²) < 4.78 is 6.88. The van der Waals surface area contributed by atoms with E-state index in [2.05, 4.69) is 15.7 Å². The summed E-state index contributed by atoms with van der Waals surface area (Å²) in [5.74, 6) is -1.47. The number of halogens is 1. The van der Waals surface area contributed by atoms with Gasteiger partial charge in [-0.25, -0.2) is 19.3 Å². The summed E-state index contributed by atoms with van der Waals surface area (Å²) in [4.78, 5) is 41.2. The third-order valence-corrected chi connectivity index (χ3v) is 5.32. The molecule has 10 heteroatoms. The molecule has 35 heavy (non-hydrogen) atoms. The van der Waals surface area contributed by atoms with Gasteiger partial charge in [-0.1, -0.05) is 54.1 Å². The number of pyridine rings is 1. The first kappa shape index (κ1) is 23.9. The van der Waals surface area contributed by atoms with Crippen LogP contribution < -0.4 is 10.6 Å². The fourth-order valence-electron chi connectivity index (χ4n) is 3.43. The molecule has 0 aliphatic carbocycles. The van der Waals surface area contributed by atoms with Crippen molar-refractivity contribution in [2.45, 2.75) is 13.5 Å². The van der Waals surface area contributed by atoms with Crippen molar-refractivity contribution in [2.75, 3.05) is 13.2 Å². The minimum absolute atomic E-state index is 0.210. The number of rotatable bonds is 7. The van der Waals surface area contributed by atoms with Crippen LogP contribution in [0.3, 0.4) is 0 Å². The van der Waals surface area contributed by atoms with E-state index in [1.54, 1.807) is 36.0 Å². The summed E-state index contributed by atoms with van der Waals surface area (Å²) in [6, 6.07) is 17.7. The third kappa shape index (κ3) is 5.82. The molecule has 3 amide bonds. The molecule has 0 atom stereocenters. The van der Waals surface area contributed by atoms with Crippen molar-refractivity contribution >= 4 is 40.5 Å². The van der Waals surface area contributed by atoms with E-state index >= 15 is 0 Å². The lowest BCUT2D eigenvalue weighted by molar-refractivity contribution is -0.123. The molecule has 0 saturated carbocycles. The average molecular weight is 492 g/mol. The molecule has 178 valence electrons. The van der Waals surface area contributed by atoms with Crippen molar-refractivity contribution in [2.24, 2.45) is 0 Å². The summed E-state index contributed by atoms with van der Waals surface area (Å²) in [7, 11) is 0. The van der Waals surface area contributed by atoms with E-state index in [0.29, 0.717) is 34.8 Å². The third-order valence-electron chi connectivity index (χ3n) is 5.07. The molecule has 0 aliphatic rings. The number of aromatic nitrogens is 3. The molecular weight excluding hydrogens is 470 g/mol. The number of esters is 1. The first-order valence-corrected chi connectivity index (χ1v) is 11.2. The number of hydrogen-bond acceptors (Lipinski definition) is 6. The zero-order valence-electron chi connectivity index (χ0n) is 18.8. The molecule has 0 unspecified atom stereocenters. The number of urea groups is 1. The van der Waals surface area contributed by atoms with E-state index in [4.69, 9.17) is 21.3 Å². The average Bonchev–Trinajstić information content (AvgIpc) is 3.26. The van der Waals surface area contributed by atoms with Crippen molar-refractivity contribution in [3.8, 4) is 11.3 Å². The first-order chi connectivity index (χ1) is 16.9. The molecule has 2 aromatic heterocycles. The van der Waals surface area contributed by atoms with Gasteiger partial charge in [0.15, 0.2) is 12.3 Å². The van der Waals surface area contributed by atoms with Crippen molar-refractivity contribution in [3.05, 3.63) is 83.0 Å². The molecule has 4 rings (SSSR count). The number of nitrogens with zero attached hydrogens (tertiary/aromatic N) is 3. The Bertz CT molecular complexity index is 1370. The Kier molecular flexibility index (Phi) is 7.37. The van der Waals surface area contributed by atoms with Crippen LogP contribution in [0.25, 0.3) is 22.3 Å². The summed E-state index contributed by atoms with van der Waals surface area (Å²) in [6.45, 7) is 1.88. The van der Waals surface area contributed by atoms with E-state index in [0.717, 1.165) is 11.1 Å². The Morgan fingerprint density at radius 2 is 1.80 bits per heavy atom. The van der Waals surface area contributed by atoms with Crippen LogP contribution in [0.5, 0.6) is 0 Å². The zero-order valence-corrected chi connectivity index (χ0v) is 19.6. The van der Waals surface area contributed by atoms with Gasteiger partial charge >= 0.3 is 12.0 Å². The van der Waals surface area contributed by atoms with Gasteiger partial charge in [-0.2, -0.15) is 5.10 Å². The van der Waals surface area contributed by atoms with Crippen LogP contribution in [-0.2, 0) is 16.1 Å². The second-order valence-corrected chi connectivity index (χ2v) is 8.01. The van der Waals surface area contributed by atoms with E-state index in [1.165, 1.54) is 0 Å². The van der Waals surface area contributed by atoms with Crippen LogP contribution in [0.1, 0.15) is 22.8 Å². The normalized spacial score (nSPS) is 10.7. The van der Waals surface area contributed by atoms with Crippen molar-refractivity contribution in [3.63, 3.8) is 0 Å². The van der Waals surface area contributed by atoms with Gasteiger partial charge in [0.25, 0.3) is 5.91 Å². The largest absolute Gasteiger partial charge is 0.452 e. The molecule has 2 aromatic carbocycles. The number of ether oxygens (including phenoxy) is 1. The predicted molar refractivity (Wildman–Crippen MR) is 131 cm³/mol. The maximum atomic E-state index is 13.0. The maximum absolute atomic E-state index is 13.0. The minimum atomic E-state index is -0.740. The highest BCUT2D eigenvalue weighted by Gasteiger charge is 2.20. The fourth-order valence-corrected chi connectivity index (χ4v) is 3.55. The molecule has 4 aromatic rings. The highest BCUT2D eigenvalue weighted by Crippen LogP contribution is 2.26. The Morgan fingerprint density at radius 1 is 1.06 bits per heavy atom. The second kappa shape index (κ2) is 10.8. The molecule has 0 aliphatic heterocycles. The molecule has 0 fully saturated rings. The molecule has 0 bridgehead atoms. The van der Waals surface area contributed by atoms with E-state index in [-0.39, 0.29) is 5.56 Å². The topological polar surface area (TPSA) is 115 Å². The number of amides is 3. The highest BCUT2D eigenvalue weighted by molar-refractivity contribution is 6.30. The molecule has 0 saturated heterocycles. The molecule has 0 spiro atoms. The Morgan fingerprint density at radius 3 is 2.51 bits per heavy atom. The Balaban J connectivity index is 1.65. The SMILES string of the molecule is CCNC(=O)NC(=O)COC(=O)c1cc(-c2ccccc2)nc2c1cnn2Cc1ccc(Cl)cc1. The molecule has 9 nitrogen and oxygen atoms in total. The van der Waals surface area contributed by atoms with Crippen LogP contribution in [0.4, 0.5) is 4.79 Å². The molecule has 2 N–H and O–H groups in total. The zero-order chi connectivity index (χ0) is 24.8. The number of hydrogen-bond donors (Lipinski definition) is 2. The summed E-state index contributed by atoms with van der Waals surface area (Å²) >= 11 is 5.99. The van der Waals surface area contributed by atoms with Gasteiger partial charge in [-0.05, 0) is 30.7 Å². The Labute approximate surface area is 206 Å². The van der Waals surface area contributed by atoms with Crippen LogP contribution in [0, 0.1) is 0 Å². The van der Waals surface area contributed by atoms with Crippen molar-refractivity contribution < 1.29 is 19.1 Å². The van der Waals surface area contributed by atoms with Crippen LogP contribution in [0.2, 0.25) is 5.02 Å². The van der Waals surface area contributed by atoms with E-state index in [9.17, 15) is 14.4 Å². The first-order valence-electron chi connectivity index (χ1n) is 10.9. The summed E-state index contributed by atoms with van der Waals surface area (Å²) in [5.41, 5.74) is 3.01. The summed E-state index contributed by atoms with van der Waals surface area (Å²) in [6.07, 6.45) is 1.54. The van der Waals surface area contributed by atoms with Crippen molar-refractivity contribution in [1.82, 2.24) is 25.4 Å². The van der Waals surface area contributed by atoms with Gasteiger partial charge < -0.3 is 10.1 Å². The van der Waals surface area contributed by atoms with Crippen LogP contribution in [0.15, 0.2) is 66.9 Å². The van der Waals surface area contributed by atoms with Gasteiger partial charge in [0.2, 0.25) is 0 Å². The minimum Gasteiger partial charge on any atom is -0.452 e. The number of nitrogens with one attached hydrogen (secondary N) is 2. The molecule has 0 radical (unpaired) electrons. The number of imide groups is 1. The van der Waals surface area contributed by atoms with E-state index < -0.39 is 24.5 Å². The standard InChI is InChI=1S/C25H22ClN5O4/c1-2-27-25(34)30-22(32)15-35-24(33)19-12-21(17-6-4-3-5-7-17)29-23-20(19)13-28-31(23)14-16-8-10-18(26)11-9-16/h3-13H,2,14-15H2,1H3,(H2,27,30,32,34). The van der Waals surface area contributed by atoms with Gasteiger partial charge in [-0.3, -0.25) is 10.1 Å². The fraction of sp³-hybridized carbons (Fsp3) is 0.160. The second-order valence-electron chi connectivity index (χ2n) is 7.57. The maximum Gasteiger partial charge on any atom is 0.339 e. The summed E-state index contributed by atoms with van der Waals surface area (Å²) in [5, 5.41) is 10.1. The van der Waals surface area contributed by atoms with Crippen LogP contribution in [-0.4, -0.2) is 45.8 Å². The lowest BCUT2D eigenvalue weighted by atomic mass is 10.1. The number of fused-ring (bicyclic) bond motifs is 1. The van der Waals surface area contributed by atoms with Crippen LogP contribution >= 0.6 is 11.6 Å². The highest BCUT2D eigenvalue weighted by atomic mass is 35.5. The van der Waals surface area contributed by atoms with E-state index in [1.807, 2.05) is 42.5 Å². The lowest BCUT2D eigenvalue weighted by Gasteiger charge is -2.10. The number of carbonyl (C=O) groups excluding carboxylic acids is 3. The molecule has 2 heterocycles. The van der Waals surface area contributed by atoms with Gasteiger partial charge in [0.05, 0.1) is 29.4 Å². The quantitative estimate of drug-likeness (QED) is 0.380. The predicted octanol–water partition coefficient (Wildman–Crippen LogP) is 3.80. The monoisotopic (exact) mass is 491 g/mol.